The molecule has 0 bridgehead atoms. The van der Waals surface area contributed by atoms with Crippen molar-refractivity contribution in [2.75, 3.05) is 18.4 Å². The van der Waals surface area contributed by atoms with Crippen LogP contribution in [-0.4, -0.2) is 40.6 Å². The zero-order valence-electron chi connectivity index (χ0n) is 15.1. The molecule has 0 spiro atoms. The predicted molar refractivity (Wildman–Crippen MR) is 99.9 cm³/mol. The Hall–Kier alpha value is -2.48. The second-order valence-corrected chi connectivity index (χ2v) is 8.26. The third-order valence-corrected chi connectivity index (χ3v) is 6.29. The standard InChI is InChI=1S/C19H21N3O4S/c1-11-4-6-22(7-5-11)18(25)12-9-13-16(14(23)10-12)27-19(20-13)21-17(24)15-3-2-8-26-15/h2-3,8,11-12H,4-7,9-10H2,1H3,(H,20,21,24). The van der Waals surface area contributed by atoms with E-state index in [4.69, 9.17) is 4.42 Å². The lowest BCUT2D eigenvalue weighted by Crippen LogP contribution is -2.43. The van der Waals surface area contributed by atoms with E-state index in [0.717, 1.165) is 37.3 Å². The van der Waals surface area contributed by atoms with Crippen molar-refractivity contribution in [1.82, 2.24) is 9.88 Å². The molecule has 7 nitrogen and oxygen atoms in total. The number of Topliss-reactive ketones (excluding diaryl/α,β-unsaturated/α-hetero) is 1. The van der Waals surface area contributed by atoms with Crippen LogP contribution in [0.15, 0.2) is 22.8 Å². The molecule has 1 N–H and O–H groups in total. The first-order chi connectivity index (χ1) is 13.0. The number of carbonyl (C=O) groups excluding carboxylic acids is 3. The first-order valence-corrected chi connectivity index (χ1v) is 9.99. The number of nitrogens with one attached hydrogen (secondary N) is 1. The molecule has 4 rings (SSSR count). The highest BCUT2D eigenvalue weighted by Gasteiger charge is 2.36. The molecule has 142 valence electrons. The van der Waals surface area contributed by atoms with E-state index in [2.05, 4.69) is 17.2 Å². The van der Waals surface area contributed by atoms with E-state index in [9.17, 15) is 14.4 Å². The number of fused-ring (bicyclic) bond motifs is 1. The number of nitrogens with zero attached hydrogens (tertiary/aromatic N) is 2. The van der Waals surface area contributed by atoms with Gasteiger partial charge < -0.3 is 9.32 Å². The number of furan rings is 1. The van der Waals surface area contributed by atoms with E-state index in [1.165, 1.54) is 6.26 Å². The maximum atomic E-state index is 12.8. The van der Waals surface area contributed by atoms with E-state index in [0.29, 0.717) is 28.0 Å². The van der Waals surface area contributed by atoms with Gasteiger partial charge in [-0.15, -0.1) is 0 Å². The lowest BCUT2D eigenvalue weighted by atomic mass is 9.88. The minimum Gasteiger partial charge on any atom is -0.459 e. The maximum Gasteiger partial charge on any atom is 0.293 e. The Morgan fingerprint density at radius 2 is 2.07 bits per heavy atom. The summed E-state index contributed by atoms with van der Waals surface area (Å²) in [6, 6.07) is 3.19. The van der Waals surface area contributed by atoms with Crippen molar-refractivity contribution < 1.29 is 18.8 Å². The number of aromatic nitrogens is 1. The first-order valence-electron chi connectivity index (χ1n) is 9.18. The molecule has 0 saturated carbocycles. The highest BCUT2D eigenvalue weighted by Crippen LogP contribution is 2.33. The van der Waals surface area contributed by atoms with E-state index >= 15 is 0 Å². The van der Waals surface area contributed by atoms with Crippen LogP contribution in [0.1, 0.15) is 52.1 Å². The summed E-state index contributed by atoms with van der Waals surface area (Å²) in [5, 5.41) is 3.02. The Labute approximate surface area is 160 Å². The van der Waals surface area contributed by atoms with Crippen molar-refractivity contribution >= 4 is 34.1 Å². The molecule has 2 amide bonds. The highest BCUT2D eigenvalue weighted by atomic mass is 32.1. The van der Waals surface area contributed by atoms with Crippen LogP contribution in [0.2, 0.25) is 0 Å². The molecule has 3 heterocycles. The largest absolute Gasteiger partial charge is 0.459 e. The fourth-order valence-electron chi connectivity index (χ4n) is 3.61. The monoisotopic (exact) mass is 387 g/mol. The first kappa shape index (κ1) is 17.9. The SMILES string of the molecule is CC1CCN(C(=O)C2CC(=O)c3sc(NC(=O)c4ccco4)nc3C2)CC1. The molecule has 1 aliphatic heterocycles. The third kappa shape index (κ3) is 3.66. The molecule has 2 aromatic rings. The normalized spacial score (nSPS) is 20.4. The Kier molecular flexibility index (Phi) is 4.82. The van der Waals surface area contributed by atoms with Crippen LogP contribution in [0.3, 0.4) is 0 Å². The van der Waals surface area contributed by atoms with Gasteiger partial charge in [-0.1, -0.05) is 18.3 Å². The van der Waals surface area contributed by atoms with E-state index in [-0.39, 0.29) is 29.8 Å². The molecule has 2 aromatic heterocycles. The molecule has 0 aromatic carbocycles. The zero-order chi connectivity index (χ0) is 19.0. The number of hydrogen-bond acceptors (Lipinski definition) is 6. The lowest BCUT2D eigenvalue weighted by molar-refractivity contribution is -0.137. The van der Waals surface area contributed by atoms with Crippen LogP contribution in [0.5, 0.6) is 0 Å². The zero-order valence-corrected chi connectivity index (χ0v) is 15.9. The number of anilines is 1. The van der Waals surface area contributed by atoms with Gasteiger partial charge >= 0.3 is 0 Å². The minimum absolute atomic E-state index is 0.0510. The Balaban J connectivity index is 1.46. The quantitative estimate of drug-likeness (QED) is 0.874. The van der Waals surface area contributed by atoms with Gasteiger partial charge in [-0.25, -0.2) is 4.98 Å². The molecule has 0 radical (unpaired) electrons. The fourth-order valence-corrected chi connectivity index (χ4v) is 4.55. The molecule has 8 heteroatoms. The number of thiazole rings is 1. The molecule has 1 saturated heterocycles. The van der Waals surface area contributed by atoms with E-state index < -0.39 is 5.91 Å². The number of amides is 2. The molecule has 1 fully saturated rings. The smallest absolute Gasteiger partial charge is 0.293 e. The van der Waals surface area contributed by atoms with Crippen LogP contribution in [-0.2, 0) is 11.2 Å². The molecule has 1 unspecified atom stereocenters. The van der Waals surface area contributed by atoms with Crippen molar-refractivity contribution in [2.45, 2.75) is 32.6 Å². The molecular formula is C19H21N3O4S. The topological polar surface area (TPSA) is 92.5 Å². The van der Waals surface area contributed by atoms with Crippen LogP contribution in [0.25, 0.3) is 0 Å². The van der Waals surface area contributed by atoms with E-state index in [1.54, 1.807) is 12.1 Å². The Morgan fingerprint density at radius 3 is 2.78 bits per heavy atom. The summed E-state index contributed by atoms with van der Waals surface area (Å²) in [4.78, 5) is 44.3. The van der Waals surface area contributed by atoms with Gasteiger partial charge in [0.1, 0.15) is 0 Å². The number of likely N-dealkylation sites (tertiary alicyclic amines) is 1. The number of rotatable bonds is 3. The number of ketones is 1. The van der Waals surface area contributed by atoms with Gasteiger partial charge in [0.2, 0.25) is 5.91 Å². The molecular weight excluding hydrogens is 366 g/mol. The summed E-state index contributed by atoms with van der Waals surface area (Å²) in [6.45, 7) is 3.73. The van der Waals surface area contributed by atoms with Gasteiger partial charge in [0.05, 0.1) is 22.8 Å². The summed E-state index contributed by atoms with van der Waals surface area (Å²) in [5.41, 5.74) is 0.606. The van der Waals surface area contributed by atoms with Crippen LogP contribution in [0, 0.1) is 11.8 Å². The van der Waals surface area contributed by atoms with Crippen molar-refractivity contribution in [1.29, 1.82) is 0 Å². The second-order valence-electron chi connectivity index (χ2n) is 7.26. The van der Waals surface area contributed by atoms with Crippen LogP contribution in [0.4, 0.5) is 5.13 Å². The van der Waals surface area contributed by atoms with Gasteiger partial charge in [-0.3, -0.25) is 19.7 Å². The molecule has 1 atom stereocenters. The number of piperidine rings is 1. The number of carbonyl (C=O) groups is 3. The Morgan fingerprint density at radius 1 is 1.30 bits per heavy atom. The summed E-state index contributed by atoms with van der Waals surface area (Å²) >= 11 is 1.16. The number of hydrogen-bond donors (Lipinski definition) is 1. The van der Waals surface area contributed by atoms with Crippen LogP contribution < -0.4 is 5.32 Å². The summed E-state index contributed by atoms with van der Waals surface area (Å²) < 4.78 is 5.06. The molecule has 2 aliphatic rings. The minimum atomic E-state index is -0.409. The third-order valence-electron chi connectivity index (χ3n) is 5.23. The Bertz CT molecular complexity index is 866. The lowest BCUT2D eigenvalue weighted by Gasteiger charge is -2.33. The highest BCUT2D eigenvalue weighted by molar-refractivity contribution is 7.17. The van der Waals surface area contributed by atoms with Gasteiger partial charge in [-0.2, -0.15) is 0 Å². The predicted octanol–water partition coefficient (Wildman–Crippen LogP) is 2.99. The molecule has 27 heavy (non-hydrogen) atoms. The summed E-state index contributed by atoms with van der Waals surface area (Å²) in [5.74, 6) is 0.0446. The van der Waals surface area contributed by atoms with Crippen LogP contribution >= 0.6 is 11.3 Å². The summed E-state index contributed by atoms with van der Waals surface area (Å²) in [6.07, 6.45) is 4.10. The van der Waals surface area contributed by atoms with Gasteiger partial charge in [-0.05, 0) is 30.9 Å². The molecule has 1 aliphatic carbocycles. The van der Waals surface area contributed by atoms with Crippen molar-refractivity contribution in [3.05, 3.63) is 34.7 Å². The van der Waals surface area contributed by atoms with Crippen molar-refractivity contribution in [2.24, 2.45) is 11.8 Å². The van der Waals surface area contributed by atoms with Gasteiger partial charge in [0.25, 0.3) is 5.91 Å². The average Bonchev–Trinajstić information content (AvgIpc) is 3.31. The fraction of sp³-hybridized carbons (Fsp3) is 0.474. The van der Waals surface area contributed by atoms with Gasteiger partial charge in [0, 0.05) is 25.9 Å². The summed E-state index contributed by atoms with van der Waals surface area (Å²) in [7, 11) is 0. The van der Waals surface area contributed by atoms with E-state index in [1.807, 2.05) is 4.90 Å². The van der Waals surface area contributed by atoms with Gasteiger partial charge in [0.15, 0.2) is 16.7 Å². The average molecular weight is 387 g/mol. The second kappa shape index (κ2) is 7.26. The maximum absolute atomic E-state index is 12.8. The van der Waals surface area contributed by atoms with Crippen molar-refractivity contribution in [3.63, 3.8) is 0 Å². The van der Waals surface area contributed by atoms with Crippen molar-refractivity contribution in [3.8, 4) is 0 Å².